The molecule has 0 spiro atoms. The van der Waals surface area contributed by atoms with Gasteiger partial charge < -0.3 is 14.9 Å². The van der Waals surface area contributed by atoms with E-state index in [-0.39, 0.29) is 88.1 Å². The molecule has 0 aromatic carbocycles. The first kappa shape index (κ1) is 19.9. The Kier molecular flexibility index (Phi) is 12.6. The first-order valence-electron chi connectivity index (χ1n) is 3.77. The second-order valence-electron chi connectivity index (χ2n) is 2.87. The molecule has 2 radical (unpaired) electrons. The van der Waals surface area contributed by atoms with Crippen molar-refractivity contribution in [2.75, 3.05) is 0 Å². The van der Waals surface area contributed by atoms with Gasteiger partial charge in [-0.05, 0) is 12.5 Å². The van der Waals surface area contributed by atoms with E-state index in [0.717, 1.165) is 0 Å². The largest absolute Gasteiger partial charge is 0.390 e. The van der Waals surface area contributed by atoms with Crippen LogP contribution in [0.1, 0.15) is 6.92 Å². The van der Waals surface area contributed by atoms with Crippen molar-refractivity contribution in [3.63, 3.8) is 0 Å². The Bertz CT molecular complexity index is 242. The van der Waals surface area contributed by atoms with Gasteiger partial charge in [-0.1, -0.05) is 21.0 Å². The summed E-state index contributed by atoms with van der Waals surface area (Å²) in [6.07, 6.45) is -2.60. The van der Waals surface area contributed by atoms with Crippen molar-refractivity contribution in [3.8, 4) is 0 Å². The molecule has 0 aliphatic carbocycles. The summed E-state index contributed by atoms with van der Waals surface area (Å²) in [4.78, 5) is 2.56. The molecule has 0 aromatic rings. The third kappa shape index (κ3) is 5.37. The van der Waals surface area contributed by atoms with Crippen LogP contribution in [0.15, 0.2) is 5.11 Å². The second kappa shape index (κ2) is 9.48. The molecule has 5 atom stereocenters. The van der Waals surface area contributed by atoms with Gasteiger partial charge in [0.2, 0.25) is 0 Å². The molecule has 5 unspecified atom stereocenters. The Hall–Kier alpha value is 2.55. The Balaban J connectivity index is 0. The van der Waals surface area contributed by atoms with Crippen LogP contribution in [0.3, 0.4) is 0 Å². The van der Waals surface area contributed by atoms with Crippen LogP contribution in [0.5, 0.6) is 0 Å². The van der Waals surface area contributed by atoms with E-state index in [4.69, 9.17) is 10.3 Å². The summed E-state index contributed by atoms with van der Waals surface area (Å²) in [6, 6.07) is -0.795. The molecule has 1 aliphatic rings. The van der Waals surface area contributed by atoms with E-state index in [1.165, 1.54) is 0 Å². The zero-order chi connectivity index (χ0) is 10.0. The number of nitrogens with zero attached hydrogens (tertiary/aromatic N) is 3. The fraction of sp³-hybridized carbons (Fsp3) is 1.00. The van der Waals surface area contributed by atoms with E-state index in [1.807, 2.05) is 0 Å². The number of halogens is 1. The van der Waals surface area contributed by atoms with Gasteiger partial charge in [-0.25, -0.2) is 0 Å². The predicted octanol–water partition coefficient (Wildman–Crippen LogP) is 0.527. The van der Waals surface area contributed by atoms with E-state index in [2.05, 4.69) is 26.0 Å². The smallest absolute Gasteiger partial charge is 0.124 e. The van der Waals surface area contributed by atoms with Crippen LogP contribution >= 0.6 is 15.9 Å². The second-order valence-corrected chi connectivity index (χ2v) is 3.77. The summed E-state index contributed by atoms with van der Waals surface area (Å²) < 4.78 is 5.18. The molecule has 0 bridgehead atoms. The number of hydrogen-bond donors (Lipinski definition) is 2. The van der Waals surface area contributed by atoms with Crippen molar-refractivity contribution in [1.29, 1.82) is 0 Å². The maximum absolute atomic E-state index is 9.48. The molecule has 1 saturated heterocycles. The zero-order valence-electron chi connectivity index (χ0n) is 8.06. The quantitative estimate of drug-likeness (QED) is 0.180. The van der Waals surface area contributed by atoms with Gasteiger partial charge in [0.25, 0.3) is 0 Å². The Morgan fingerprint density at radius 3 is 2.33 bits per heavy atom. The van der Waals surface area contributed by atoms with Gasteiger partial charge in [-0.15, -0.1) is 0 Å². The molecule has 15 heavy (non-hydrogen) atoms. The van der Waals surface area contributed by atoms with Crippen LogP contribution in [0.25, 0.3) is 10.4 Å². The molecule has 1 heterocycles. The number of hydrogen-bond acceptors (Lipinski definition) is 4. The summed E-state index contributed by atoms with van der Waals surface area (Å²) in [6.45, 7) is 1.63. The summed E-state index contributed by atoms with van der Waals surface area (Å²) in [5, 5.41) is 21.6. The third-order valence-corrected chi connectivity index (χ3v) is 2.74. The summed E-state index contributed by atoms with van der Waals surface area (Å²) >= 11 is 3.11. The van der Waals surface area contributed by atoms with Crippen LogP contribution in [0.2, 0.25) is 0 Å². The fourth-order valence-corrected chi connectivity index (χ4v) is 1.94. The fourth-order valence-electron chi connectivity index (χ4n) is 1.18. The monoisotopic (exact) mass is 705 g/mol. The van der Waals surface area contributed by atoms with Crippen molar-refractivity contribution >= 4 is 15.9 Å². The third-order valence-electron chi connectivity index (χ3n) is 1.98. The Morgan fingerprint density at radius 1 is 1.33 bits per heavy atom. The normalized spacial score (nSPS) is 39.3. The molecule has 1 aliphatic heterocycles. The number of rotatable bonds is 1. The summed E-state index contributed by atoms with van der Waals surface area (Å²) in [7, 11) is 0. The van der Waals surface area contributed by atoms with Crippen molar-refractivity contribution < 1.29 is 103 Å². The van der Waals surface area contributed by atoms with Crippen LogP contribution in [-0.4, -0.2) is 39.6 Å². The number of aliphatic hydroxyl groups is 2. The maximum atomic E-state index is 9.48. The number of aliphatic hydroxyl groups excluding tert-OH is 2. The molecule has 0 amide bonds. The van der Waals surface area contributed by atoms with Gasteiger partial charge >= 0.3 is 0 Å². The minimum absolute atomic E-state index is 0. The molecular formula is C6H10Ac2BrN3O3. The van der Waals surface area contributed by atoms with E-state index in [0.29, 0.717) is 0 Å². The maximum Gasteiger partial charge on any atom is 0.124 e. The van der Waals surface area contributed by atoms with Gasteiger partial charge in [0.05, 0.1) is 12.2 Å². The van der Waals surface area contributed by atoms with Gasteiger partial charge in [0, 0.05) is 93.0 Å². The molecule has 1 rings (SSSR count). The van der Waals surface area contributed by atoms with E-state index < -0.39 is 29.4 Å². The minimum atomic E-state index is -1.09. The van der Waals surface area contributed by atoms with Crippen molar-refractivity contribution in [2.45, 2.75) is 36.3 Å². The van der Waals surface area contributed by atoms with Crippen molar-refractivity contribution in [1.82, 2.24) is 0 Å². The number of alkyl halides is 1. The van der Waals surface area contributed by atoms with Crippen molar-refractivity contribution in [3.05, 3.63) is 10.4 Å². The molecule has 1 fully saturated rings. The molecule has 0 aromatic heterocycles. The van der Waals surface area contributed by atoms with Gasteiger partial charge in [0.1, 0.15) is 17.2 Å². The van der Waals surface area contributed by atoms with Gasteiger partial charge in [-0.3, -0.25) is 0 Å². The van der Waals surface area contributed by atoms with Crippen LogP contribution in [0, 0.1) is 88.1 Å². The SMILES string of the molecule is CC1OC(Br)C(N=[N+]=[N-])C(O)C1O.[Ac].[Ac]. The van der Waals surface area contributed by atoms with E-state index >= 15 is 0 Å². The molecule has 80 valence electrons. The predicted molar refractivity (Wildman–Crippen MR) is 48.2 cm³/mol. The summed E-state index contributed by atoms with van der Waals surface area (Å²) in [5.41, 5.74) is 8.20. The number of ether oxygens (including phenoxy) is 1. The van der Waals surface area contributed by atoms with Crippen molar-refractivity contribution in [2.24, 2.45) is 5.11 Å². The molecule has 0 saturated carbocycles. The minimum Gasteiger partial charge on any atom is -0.390 e. The van der Waals surface area contributed by atoms with Crippen LogP contribution < -0.4 is 0 Å². The van der Waals surface area contributed by atoms with E-state index in [9.17, 15) is 10.2 Å². The Morgan fingerprint density at radius 2 is 1.87 bits per heavy atom. The van der Waals surface area contributed by atoms with Gasteiger partial charge in [0.15, 0.2) is 0 Å². The standard InChI is InChI=1S/C6H10BrN3O3.2Ac/c1-2-4(11)5(12)3(9-10-8)6(7)13-2;;/h2-6,11-12H,1H3;;. The summed E-state index contributed by atoms with van der Waals surface area (Å²) in [5.74, 6) is 0. The first-order chi connectivity index (χ1) is 6.07. The van der Waals surface area contributed by atoms with E-state index in [1.54, 1.807) is 6.92 Å². The molecule has 6 nitrogen and oxygen atoms in total. The topological polar surface area (TPSA) is 98.5 Å². The molecular weight excluding hydrogens is 696 g/mol. The van der Waals surface area contributed by atoms with Crippen LogP contribution in [0.4, 0.5) is 0 Å². The zero-order valence-corrected chi connectivity index (χ0v) is 19.1. The Labute approximate surface area is 167 Å². The first-order valence-corrected chi connectivity index (χ1v) is 4.69. The van der Waals surface area contributed by atoms with Gasteiger partial charge in [-0.2, -0.15) is 0 Å². The average molecular weight is 706 g/mol. The molecule has 2 N–H and O–H groups in total. The number of azide groups is 1. The average Bonchev–Trinajstić information content (AvgIpc) is 2.09. The molecule has 9 heteroatoms. The van der Waals surface area contributed by atoms with Crippen LogP contribution in [-0.2, 0) is 4.74 Å².